The van der Waals surface area contributed by atoms with E-state index in [0.29, 0.717) is 0 Å². The van der Waals surface area contributed by atoms with Crippen LogP contribution in [0.15, 0.2) is 16.6 Å². The molecule has 0 saturated carbocycles. The van der Waals surface area contributed by atoms with Gasteiger partial charge in [-0.2, -0.15) is 0 Å². The average molecular weight is 313 g/mol. The second-order valence-electron chi connectivity index (χ2n) is 4.62. The van der Waals surface area contributed by atoms with Gasteiger partial charge < -0.3 is 10.2 Å². The Labute approximate surface area is 118 Å². The molecule has 1 aromatic carbocycles. The first-order valence-corrected chi connectivity index (χ1v) is 6.97. The molecule has 1 aromatic rings. The highest BCUT2D eigenvalue weighted by atomic mass is 79.9. The molecule has 0 heterocycles. The monoisotopic (exact) mass is 312 g/mol. The van der Waals surface area contributed by atoms with Gasteiger partial charge in [0.2, 0.25) is 0 Å². The van der Waals surface area contributed by atoms with Crippen molar-refractivity contribution in [3.63, 3.8) is 0 Å². The summed E-state index contributed by atoms with van der Waals surface area (Å²) in [6.45, 7) is 5.50. The smallest absolute Gasteiger partial charge is 0.160 e. The predicted octanol–water partition coefficient (Wildman–Crippen LogP) is 3.19. The highest BCUT2D eigenvalue weighted by Crippen LogP contribution is 2.26. The van der Waals surface area contributed by atoms with Crippen LogP contribution in [-0.2, 0) is 6.42 Å². The molecule has 0 amide bonds. The van der Waals surface area contributed by atoms with Gasteiger partial charge in [-0.3, -0.25) is 4.79 Å². The van der Waals surface area contributed by atoms with E-state index in [9.17, 15) is 4.79 Å². The summed E-state index contributed by atoms with van der Waals surface area (Å²) >= 11 is 3.54. The zero-order chi connectivity index (χ0) is 13.7. The van der Waals surface area contributed by atoms with Crippen molar-refractivity contribution in [2.45, 2.75) is 20.3 Å². The van der Waals surface area contributed by atoms with Crippen LogP contribution in [0.1, 0.15) is 29.8 Å². The Kier molecular flexibility index (Phi) is 5.82. The number of ketones is 1. The van der Waals surface area contributed by atoms with Crippen LogP contribution < -0.4 is 5.32 Å². The molecule has 0 bridgehead atoms. The van der Waals surface area contributed by atoms with E-state index in [1.807, 2.05) is 26.2 Å². The first kappa shape index (κ1) is 15.2. The topological polar surface area (TPSA) is 32.3 Å². The Balaban J connectivity index is 2.91. The molecule has 3 nitrogen and oxygen atoms in total. The molecule has 100 valence electrons. The molecule has 1 N–H and O–H groups in total. The second kappa shape index (κ2) is 6.90. The molecule has 0 spiro atoms. The first-order valence-electron chi connectivity index (χ1n) is 6.17. The molecule has 0 aromatic heterocycles. The van der Waals surface area contributed by atoms with Crippen LogP contribution in [0.3, 0.4) is 0 Å². The zero-order valence-corrected chi connectivity index (χ0v) is 13.1. The number of carbonyl (C=O) groups excluding carboxylic acids is 1. The van der Waals surface area contributed by atoms with Gasteiger partial charge in [-0.05, 0) is 45.1 Å². The van der Waals surface area contributed by atoms with E-state index < -0.39 is 0 Å². The molecule has 1 rings (SSSR count). The molecule has 0 fully saturated rings. The number of hydrogen-bond donors (Lipinski definition) is 1. The minimum Gasteiger partial charge on any atom is -0.384 e. The minimum atomic E-state index is 0.115. The fraction of sp³-hybridized carbons (Fsp3) is 0.500. The summed E-state index contributed by atoms with van der Waals surface area (Å²) in [7, 11) is 4.08. The van der Waals surface area contributed by atoms with Crippen LogP contribution in [0, 0.1) is 0 Å². The van der Waals surface area contributed by atoms with Crippen molar-refractivity contribution in [1.82, 2.24) is 4.90 Å². The van der Waals surface area contributed by atoms with Crippen LogP contribution >= 0.6 is 15.9 Å². The number of nitrogens with zero attached hydrogens (tertiary/aromatic N) is 1. The summed E-state index contributed by atoms with van der Waals surface area (Å²) in [6.07, 6.45) is 0.855. The quantitative estimate of drug-likeness (QED) is 0.819. The van der Waals surface area contributed by atoms with Gasteiger partial charge in [0.05, 0.1) is 0 Å². The molecular weight excluding hydrogens is 292 g/mol. The van der Waals surface area contributed by atoms with Gasteiger partial charge in [-0.15, -0.1) is 0 Å². The molecule has 0 unspecified atom stereocenters. The fourth-order valence-electron chi connectivity index (χ4n) is 1.84. The molecule has 0 aliphatic carbocycles. The van der Waals surface area contributed by atoms with Gasteiger partial charge in [0.15, 0.2) is 5.78 Å². The van der Waals surface area contributed by atoms with Crippen LogP contribution in [0.25, 0.3) is 0 Å². The van der Waals surface area contributed by atoms with Crippen molar-refractivity contribution in [2.24, 2.45) is 0 Å². The summed E-state index contributed by atoms with van der Waals surface area (Å²) in [5.41, 5.74) is 2.88. The van der Waals surface area contributed by atoms with Gasteiger partial charge >= 0.3 is 0 Å². The molecular formula is C14H21BrN2O. The summed E-state index contributed by atoms with van der Waals surface area (Å²) in [4.78, 5) is 13.8. The van der Waals surface area contributed by atoms with Crippen molar-refractivity contribution < 1.29 is 4.79 Å². The van der Waals surface area contributed by atoms with Gasteiger partial charge in [-0.1, -0.05) is 22.9 Å². The van der Waals surface area contributed by atoms with Crippen LogP contribution in [0.5, 0.6) is 0 Å². The SMILES string of the molecule is CCc1c(Br)cc(NCCN(C)C)cc1C(C)=O. The number of benzene rings is 1. The van der Waals surface area contributed by atoms with Gasteiger partial charge in [-0.25, -0.2) is 0 Å². The highest BCUT2D eigenvalue weighted by Gasteiger charge is 2.11. The fourth-order valence-corrected chi connectivity index (χ4v) is 2.58. The van der Waals surface area contributed by atoms with Crippen LogP contribution in [0.4, 0.5) is 5.69 Å². The van der Waals surface area contributed by atoms with E-state index in [1.165, 1.54) is 0 Å². The lowest BCUT2D eigenvalue weighted by Gasteiger charge is -2.14. The summed E-state index contributed by atoms with van der Waals surface area (Å²) in [5.74, 6) is 0.115. The number of hydrogen-bond acceptors (Lipinski definition) is 3. The van der Waals surface area contributed by atoms with E-state index >= 15 is 0 Å². The molecule has 0 radical (unpaired) electrons. The van der Waals surface area contributed by atoms with Gasteiger partial charge in [0.1, 0.15) is 0 Å². The lowest BCUT2D eigenvalue weighted by Crippen LogP contribution is -2.21. The number of rotatable bonds is 6. The van der Waals surface area contributed by atoms with Gasteiger partial charge in [0, 0.05) is 28.8 Å². The summed E-state index contributed by atoms with van der Waals surface area (Å²) < 4.78 is 1.00. The number of anilines is 1. The number of nitrogens with one attached hydrogen (secondary N) is 1. The van der Waals surface area contributed by atoms with Crippen molar-refractivity contribution in [1.29, 1.82) is 0 Å². The van der Waals surface area contributed by atoms with E-state index in [0.717, 1.165) is 40.8 Å². The lowest BCUT2D eigenvalue weighted by atomic mass is 10.0. The van der Waals surface area contributed by atoms with E-state index in [2.05, 4.69) is 33.1 Å². The third-order valence-electron chi connectivity index (χ3n) is 2.82. The second-order valence-corrected chi connectivity index (χ2v) is 5.48. The summed E-state index contributed by atoms with van der Waals surface area (Å²) in [6, 6.07) is 3.99. The third kappa shape index (κ3) is 4.10. The van der Waals surface area contributed by atoms with Crippen molar-refractivity contribution in [3.05, 3.63) is 27.7 Å². The standard InChI is InChI=1S/C14H21BrN2O/c1-5-12-13(10(2)18)8-11(9-14(12)15)16-6-7-17(3)4/h8-9,16H,5-7H2,1-4H3. The predicted molar refractivity (Wildman–Crippen MR) is 80.6 cm³/mol. The Morgan fingerprint density at radius 1 is 1.39 bits per heavy atom. The molecule has 0 saturated heterocycles. The Bertz CT molecular complexity index is 430. The molecule has 18 heavy (non-hydrogen) atoms. The Morgan fingerprint density at radius 2 is 2.06 bits per heavy atom. The number of halogens is 1. The van der Waals surface area contributed by atoms with Crippen molar-refractivity contribution in [3.8, 4) is 0 Å². The maximum atomic E-state index is 11.7. The maximum Gasteiger partial charge on any atom is 0.160 e. The number of carbonyl (C=O) groups is 1. The van der Waals surface area contributed by atoms with E-state index in [-0.39, 0.29) is 5.78 Å². The number of likely N-dealkylation sites (N-methyl/N-ethyl adjacent to an activating group) is 1. The maximum absolute atomic E-state index is 11.7. The third-order valence-corrected chi connectivity index (χ3v) is 3.52. The first-order chi connectivity index (χ1) is 8.45. The number of Topliss-reactive ketones (excluding diaryl/α,β-unsaturated/α-hetero) is 1. The minimum absolute atomic E-state index is 0.115. The average Bonchev–Trinajstić information content (AvgIpc) is 2.27. The Hall–Kier alpha value is -0.870. The zero-order valence-electron chi connectivity index (χ0n) is 11.5. The van der Waals surface area contributed by atoms with Crippen molar-refractivity contribution >= 4 is 27.4 Å². The van der Waals surface area contributed by atoms with E-state index in [4.69, 9.17) is 0 Å². The van der Waals surface area contributed by atoms with Crippen LogP contribution in [0.2, 0.25) is 0 Å². The molecule has 0 aliphatic heterocycles. The molecule has 4 heteroatoms. The normalized spacial score (nSPS) is 10.8. The van der Waals surface area contributed by atoms with Crippen molar-refractivity contribution in [2.75, 3.05) is 32.5 Å². The highest BCUT2D eigenvalue weighted by molar-refractivity contribution is 9.10. The lowest BCUT2D eigenvalue weighted by molar-refractivity contribution is 0.101. The Morgan fingerprint density at radius 3 is 2.56 bits per heavy atom. The molecule has 0 aliphatic rings. The molecule has 0 atom stereocenters. The van der Waals surface area contributed by atoms with Crippen LogP contribution in [-0.4, -0.2) is 37.9 Å². The van der Waals surface area contributed by atoms with E-state index in [1.54, 1.807) is 6.92 Å². The summed E-state index contributed by atoms with van der Waals surface area (Å²) in [5, 5.41) is 3.34. The van der Waals surface area contributed by atoms with Gasteiger partial charge in [0.25, 0.3) is 0 Å². The largest absolute Gasteiger partial charge is 0.384 e.